The summed E-state index contributed by atoms with van der Waals surface area (Å²) in [4.78, 5) is 5.06. The minimum Gasteiger partial charge on any atom is -0.309 e. The fourth-order valence-corrected chi connectivity index (χ4v) is 9.82. The molecule has 0 atom stereocenters. The Kier molecular flexibility index (Phi) is 6.07. The van der Waals surface area contributed by atoms with E-state index in [1.165, 1.54) is 81.9 Å². The molecule has 0 bridgehead atoms. The summed E-state index contributed by atoms with van der Waals surface area (Å²) in [6.45, 7) is 0. The summed E-state index contributed by atoms with van der Waals surface area (Å²) in [6.07, 6.45) is 0. The van der Waals surface area contributed by atoms with E-state index in [-0.39, 0.29) is 0 Å². The first-order valence-corrected chi connectivity index (χ1v) is 18.3. The molecule has 0 fully saturated rings. The Hall–Kier alpha value is -6.29. The van der Waals surface area contributed by atoms with Gasteiger partial charge in [-0.1, -0.05) is 140 Å². The molecule has 2 heterocycles. The largest absolute Gasteiger partial charge is 0.309 e. The van der Waals surface area contributed by atoms with Crippen LogP contribution in [0.15, 0.2) is 182 Å². The normalized spacial score (nSPS) is 13.3. The third-order valence-corrected chi connectivity index (χ3v) is 12.0. The zero-order valence-corrected chi connectivity index (χ0v) is 28.4. The lowest BCUT2D eigenvalue weighted by molar-refractivity contribution is 0.769. The van der Waals surface area contributed by atoms with E-state index in [1.54, 1.807) is 11.3 Å². The molecule has 0 unspecified atom stereocenters. The average Bonchev–Trinajstić information content (AvgIpc) is 3.86. The van der Waals surface area contributed by atoms with E-state index in [0.29, 0.717) is 0 Å². The van der Waals surface area contributed by atoms with E-state index in [2.05, 4.69) is 187 Å². The van der Waals surface area contributed by atoms with Gasteiger partial charge >= 0.3 is 0 Å². The van der Waals surface area contributed by atoms with Gasteiger partial charge < -0.3 is 4.57 Å². The molecule has 11 rings (SSSR count). The van der Waals surface area contributed by atoms with Crippen molar-refractivity contribution in [1.82, 2.24) is 9.55 Å². The molecule has 0 amide bonds. The second-order valence-corrected chi connectivity index (χ2v) is 14.5. The van der Waals surface area contributed by atoms with Crippen LogP contribution < -0.4 is 0 Å². The lowest BCUT2D eigenvalue weighted by atomic mass is 9.67. The quantitative estimate of drug-likeness (QED) is 0.183. The smallest absolute Gasteiger partial charge is 0.125 e. The zero-order valence-electron chi connectivity index (χ0n) is 27.6. The highest BCUT2D eigenvalue weighted by Crippen LogP contribution is 2.57. The van der Waals surface area contributed by atoms with Crippen molar-refractivity contribution in [2.45, 2.75) is 5.41 Å². The summed E-state index contributed by atoms with van der Waals surface area (Å²) in [7, 11) is 0. The SMILES string of the molecule is c1ccc(C2(c3ccccc3)c3ccccc3-c3cc4c(cc32)c2ccccc2n4-c2ccc(-c3nc4ccccc4s3)c3ccccc23)cc1. The van der Waals surface area contributed by atoms with Crippen molar-refractivity contribution >= 4 is 54.1 Å². The van der Waals surface area contributed by atoms with Gasteiger partial charge in [0.1, 0.15) is 5.01 Å². The number of nitrogens with zero attached hydrogens (tertiary/aromatic N) is 2. The number of fused-ring (bicyclic) bond motifs is 8. The molecule has 1 aliphatic rings. The van der Waals surface area contributed by atoms with Crippen LogP contribution in [0.5, 0.6) is 0 Å². The highest BCUT2D eigenvalue weighted by molar-refractivity contribution is 7.21. The maximum Gasteiger partial charge on any atom is 0.125 e. The maximum atomic E-state index is 5.06. The van der Waals surface area contributed by atoms with Crippen LogP contribution in [0, 0.1) is 0 Å². The van der Waals surface area contributed by atoms with Crippen LogP contribution in [-0.2, 0) is 5.41 Å². The minimum atomic E-state index is -0.447. The molecular weight excluding hydrogens is 637 g/mol. The van der Waals surface area contributed by atoms with E-state index in [1.807, 2.05) is 0 Å². The van der Waals surface area contributed by atoms with Crippen LogP contribution in [0.25, 0.3) is 70.2 Å². The van der Waals surface area contributed by atoms with Gasteiger partial charge in [-0.25, -0.2) is 4.98 Å². The van der Waals surface area contributed by atoms with Crippen molar-refractivity contribution in [3.63, 3.8) is 0 Å². The Morgan fingerprint density at radius 2 is 1.08 bits per heavy atom. The Balaban J connectivity index is 1.23. The van der Waals surface area contributed by atoms with Crippen molar-refractivity contribution in [3.8, 4) is 27.4 Å². The van der Waals surface area contributed by atoms with Gasteiger partial charge in [-0.05, 0) is 81.2 Å². The predicted molar refractivity (Wildman–Crippen MR) is 214 cm³/mol. The fraction of sp³-hybridized carbons (Fsp3) is 0.0208. The van der Waals surface area contributed by atoms with Crippen molar-refractivity contribution in [3.05, 3.63) is 204 Å². The second kappa shape index (κ2) is 10.9. The van der Waals surface area contributed by atoms with Crippen molar-refractivity contribution in [2.24, 2.45) is 0 Å². The highest BCUT2D eigenvalue weighted by atomic mass is 32.1. The van der Waals surface area contributed by atoms with Crippen LogP contribution in [0.1, 0.15) is 22.3 Å². The molecular formula is C48H30N2S. The van der Waals surface area contributed by atoms with Gasteiger partial charge in [0.25, 0.3) is 0 Å². The fourth-order valence-electron chi connectivity index (χ4n) is 8.81. The summed E-state index contributed by atoms with van der Waals surface area (Å²) in [5.41, 5.74) is 13.1. The molecule has 2 aromatic heterocycles. The van der Waals surface area contributed by atoms with Gasteiger partial charge in [0.05, 0.1) is 32.4 Å². The number of hydrogen-bond acceptors (Lipinski definition) is 2. The molecule has 238 valence electrons. The van der Waals surface area contributed by atoms with Gasteiger partial charge in [-0.15, -0.1) is 11.3 Å². The maximum absolute atomic E-state index is 5.06. The highest BCUT2D eigenvalue weighted by Gasteiger charge is 2.46. The summed E-state index contributed by atoms with van der Waals surface area (Å²) in [6, 6.07) is 66.8. The molecule has 51 heavy (non-hydrogen) atoms. The number of para-hydroxylation sites is 2. The standard InChI is InChI=1S/C48H30N2S/c1-3-15-31(16-4-1)48(32-17-5-2-6-18-32)40-23-11-9-20-34(40)38-30-45-39(29-41(38)48)36-22-10-13-25-43(36)50(45)44-28-27-37(33-19-7-8-21-35(33)44)47-49-42-24-12-14-26-46(42)51-47/h1-30H. The second-order valence-electron chi connectivity index (χ2n) is 13.5. The summed E-state index contributed by atoms with van der Waals surface area (Å²) in [5.74, 6) is 0. The van der Waals surface area contributed by atoms with Crippen LogP contribution in [0.3, 0.4) is 0 Å². The summed E-state index contributed by atoms with van der Waals surface area (Å²) < 4.78 is 3.70. The molecule has 1 aliphatic carbocycles. The van der Waals surface area contributed by atoms with Crippen molar-refractivity contribution in [1.29, 1.82) is 0 Å². The van der Waals surface area contributed by atoms with Gasteiger partial charge in [0.2, 0.25) is 0 Å². The lowest BCUT2D eigenvalue weighted by Crippen LogP contribution is -2.28. The van der Waals surface area contributed by atoms with Gasteiger partial charge in [0.15, 0.2) is 0 Å². The minimum absolute atomic E-state index is 0.447. The number of thiazole rings is 1. The van der Waals surface area contributed by atoms with E-state index >= 15 is 0 Å². The molecule has 0 saturated carbocycles. The lowest BCUT2D eigenvalue weighted by Gasteiger charge is -2.34. The topological polar surface area (TPSA) is 17.8 Å². The first-order chi connectivity index (χ1) is 25.3. The predicted octanol–water partition coefficient (Wildman–Crippen LogP) is 12.6. The van der Waals surface area contributed by atoms with E-state index in [0.717, 1.165) is 10.5 Å². The molecule has 10 aromatic rings. The average molecular weight is 667 g/mol. The van der Waals surface area contributed by atoms with E-state index < -0.39 is 5.41 Å². The third kappa shape index (κ3) is 3.95. The molecule has 0 saturated heterocycles. The van der Waals surface area contributed by atoms with Crippen LogP contribution >= 0.6 is 11.3 Å². The Bertz CT molecular complexity index is 2900. The zero-order chi connectivity index (χ0) is 33.5. The first-order valence-electron chi connectivity index (χ1n) is 17.5. The summed E-state index contributed by atoms with van der Waals surface area (Å²) in [5, 5.41) is 5.97. The number of rotatable bonds is 4. The summed E-state index contributed by atoms with van der Waals surface area (Å²) >= 11 is 1.76. The van der Waals surface area contributed by atoms with Gasteiger partial charge in [-0.3, -0.25) is 0 Å². The molecule has 0 aliphatic heterocycles. The Morgan fingerprint density at radius 1 is 0.431 bits per heavy atom. The molecule has 0 spiro atoms. The number of benzene rings is 8. The Morgan fingerprint density at radius 3 is 1.86 bits per heavy atom. The van der Waals surface area contributed by atoms with Crippen LogP contribution in [0.4, 0.5) is 0 Å². The van der Waals surface area contributed by atoms with E-state index in [9.17, 15) is 0 Å². The number of hydrogen-bond donors (Lipinski definition) is 0. The third-order valence-electron chi connectivity index (χ3n) is 10.9. The van der Waals surface area contributed by atoms with Crippen molar-refractivity contribution < 1.29 is 0 Å². The van der Waals surface area contributed by atoms with Crippen molar-refractivity contribution in [2.75, 3.05) is 0 Å². The van der Waals surface area contributed by atoms with Crippen LogP contribution in [-0.4, -0.2) is 9.55 Å². The molecule has 0 radical (unpaired) electrons. The van der Waals surface area contributed by atoms with Crippen LogP contribution in [0.2, 0.25) is 0 Å². The Labute approximate surface area is 299 Å². The van der Waals surface area contributed by atoms with E-state index in [4.69, 9.17) is 4.98 Å². The van der Waals surface area contributed by atoms with Gasteiger partial charge in [-0.2, -0.15) is 0 Å². The molecule has 8 aromatic carbocycles. The van der Waals surface area contributed by atoms with Gasteiger partial charge in [0, 0.05) is 21.7 Å². The number of aromatic nitrogens is 2. The molecule has 2 nitrogen and oxygen atoms in total. The monoisotopic (exact) mass is 666 g/mol. The first kappa shape index (κ1) is 28.5. The molecule has 0 N–H and O–H groups in total. The molecule has 3 heteroatoms.